The van der Waals surface area contributed by atoms with Gasteiger partial charge in [0.05, 0.1) is 12.1 Å². The van der Waals surface area contributed by atoms with Crippen molar-refractivity contribution in [2.45, 2.75) is 18.9 Å². The van der Waals surface area contributed by atoms with E-state index in [0.29, 0.717) is 16.8 Å². The number of esters is 1. The first-order valence-electron chi connectivity index (χ1n) is 4.18. The van der Waals surface area contributed by atoms with Crippen molar-refractivity contribution in [3.63, 3.8) is 0 Å². The molecule has 0 aliphatic heterocycles. The monoisotopic (exact) mass is 199 g/mol. The third-order valence-electron chi connectivity index (χ3n) is 2.15. The maximum absolute atomic E-state index is 11.3. The Morgan fingerprint density at radius 2 is 2.38 bits per heavy atom. The Morgan fingerprint density at radius 1 is 1.69 bits per heavy atom. The Balaban J connectivity index is 2.36. The van der Waals surface area contributed by atoms with Crippen molar-refractivity contribution in [3.05, 3.63) is 23.0 Å². The summed E-state index contributed by atoms with van der Waals surface area (Å²) >= 11 is 5.81. The molecule has 0 atom stereocenters. The summed E-state index contributed by atoms with van der Waals surface area (Å²) in [6, 6.07) is 2.09. The van der Waals surface area contributed by atoms with E-state index in [2.05, 4.69) is 4.74 Å². The quantitative estimate of drug-likeness (QED) is 0.685. The van der Waals surface area contributed by atoms with E-state index in [9.17, 15) is 4.79 Å². The molecule has 0 radical (unpaired) electrons. The Hall–Kier alpha value is -0.960. The highest BCUT2D eigenvalue weighted by Crippen LogP contribution is 2.37. The van der Waals surface area contributed by atoms with Gasteiger partial charge in [-0.15, -0.1) is 0 Å². The second-order valence-electron chi connectivity index (χ2n) is 3.17. The lowest BCUT2D eigenvalue weighted by atomic mass is 10.4. The maximum Gasteiger partial charge on any atom is 0.354 e. The molecule has 1 aliphatic rings. The van der Waals surface area contributed by atoms with Crippen LogP contribution >= 0.6 is 11.6 Å². The number of nitrogens with zero attached hydrogens (tertiary/aromatic N) is 1. The van der Waals surface area contributed by atoms with Gasteiger partial charge in [0.25, 0.3) is 0 Å². The van der Waals surface area contributed by atoms with Crippen LogP contribution in [0.2, 0.25) is 5.02 Å². The fourth-order valence-electron chi connectivity index (χ4n) is 1.37. The van der Waals surface area contributed by atoms with Crippen LogP contribution in [0, 0.1) is 0 Å². The van der Waals surface area contributed by atoms with E-state index in [1.165, 1.54) is 7.11 Å². The van der Waals surface area contributed by atoms with Gasteiger partial charge in [0, 0.05) is 12.2 Å². The largest absolute Gasteiger partial charge is 0.464 e. The molecule has 1 fully saturated rings. The first-order chi connectivity index (χ1) is 6.22. The van der Waals surface area contributed by atoms with E-state index >= 15 is 0 Å². The number of carbonyl (C=O) groups is 1. The van der Waals surface area contributed by atoms with Crippen molar-refractivity contribution in [1.82, 2.24) is 4.57 Å². The van der Waals surface area contributed by atoms with Crippen LogP contribution in [0.15, 0.2) is 12.3 Å². The molecule has 1 aromatic heterocycles. The summed E-state index contributed by atoms with van der Waals surface area (Å²) in [5.41, 5.74) is 0.551. The molecule has 4 heteroatoms. The minimum absolute atomic E-state index is 0.321. The minimum Gasteiger partial charge on any atom is -0.464 e. The molecule has 0 spiro atoms. The van der Waals surface area contributed by atoms with Crippen molar-refractivity contribution in [2.75, 3.05) is 7.11 Å². The van der Waals surface area contributed by atoms with Crippen molar-refractivity contribution < 1.29 is 9.53 Å². The van der Waals surface area contributed by atoms with E-state index in [1.54, 1.807) is 12.3 Å². The first kappa shape index (κ1) is 8.63. The molecule has 0 N–H and O–H groups in total. The van der Waals surface area contributed by atoms with Crippen molar-refractivity contribution in [1.29, 1.82) is 0 Å². The SMILES string of the molecule is COC(=O)c1cc(Cl)cn1C1CC1. The highest BCUT2D eigenvalue weighted by molar-refractivity contribution is 6.31. The summed E-state index contributed by atoms with van der Waals surface area (Å²) in [4.78, 5) is 11.3. The van der Waals surface area contributed by atoms with E-state index in [4.69, 9.17) is 11.6 Å². The lowest BCUT2D eigenvalue weighted by Gasteiger charge is -2.04. The van der Waals surface area contributed by atoms with Crippen LogP contribution in [-0.4, -0.2) is 17.6 Å². The Bertz CT molecular complexity index is 341. The first-order valence-corrected chi connectivity index (χ1v) is 4.56. The van der Waals surface area contributed by atoms with Gasteiger partial charge in [0.1, 0.15) is 5.69 Å². The van der Waals surface area contributed by atoms with Crippen LogP contribution in [0.25, 0.3) is 0 Å². The van der Waals surface area contributed by atoms with Gasteiger partial charge in [0.15, 0.2) is 0 Å². The number of hydrogen-bond acceptors (Lipinski definition) is 2. The van der Waals surface area contributed by atoms with E-state index < -0.39 is 0 Å². The summed E-state index contributed by atoms with van der Waals surface area (Å²) in [5.74, 6) is -0.321. The van der Waals surface area contributed by atoms with E-state index in [1.807, 2.05) is 4.57 Å². The molecule has 13 heavy (non-hydrogen) atoms. The van der Waals surface area contributed by atoms with Gasteiger partial charge in [-0.1, -0.05) is 11.6 Å². The molecular weight excluding hydrogens is 190 g/mol. The van der Waals surface area contributed by atoms with E-state index in [-0.39, 0.29) is 5.97 Å². The fraction of sp³-hybridized carbons (Fsp3) is 0.444. The summed E-state index contributed by atoms with van der Waals surface area (Å²) in [5, 5.41) is 0.590. The average molecular weight is 200 g/mol. The van der Waals surface area contributed by atoms with Gasteiger partial charge < -0.3 is 9.30 Å². The van der Waals surface area contributed by atoms with Crippen molar-refractivity contribution >= 4 is 17.6 Å². The van der Waals surface area contributed by atoms with Gasteiger partial charge in [-0.25, -0.2) is 4.79 Å². The third-order valence-corrected chi connectivity index (χ3v) is 2.36. The number of rotatable bonds is 2. The van der Waals surface area contributed by atoms with Crippen LogP contribution < -0.4 is 0 Å². The molecule has 0 aromatic carbocycles. The van der Waals surface area contributed by atoms with Gasteiger partial charge in [-0.05, 0) is 18.9 Å². The third kappa shape index (κ3) is 1.56. The summed E-state index contributed by atoms with van der Waals surface area (Å²) in [7, 11) is 1.38. The topological polar surface area (TPSA) is 31.2 Å². The zero-order valence-electron chi connectivity index (χ0n) is 7.29. The zero-order chi connectivity index (χ0) is 9.42. The Morgan fingerprint density at radius 3 is 2.92 bits per heavy atom. The molecule has 0 amide bonds. The second kappa shape index (κ2) is 3.07. The molecule has 1 aliphatic carbocycles. The minimum atomic E-state index is -0.321. The van der Waals surface area contributed by atoms with Gasteiger partial charge >= 0.3 is 5.97 Å². The normalized spacial score (nSPS) is 15.8. The molecule has 1 heterocycles. The molecule has 0 unspecified atom stereocenters. The summed E-state index contributed by atoms with van der Waals surface area (Å²) in [6.45, 7) is 0. The molecule has 1 aromatic rings. The Kier molecular flexibility index (Phi) is 2.04. The summed E-state index contributed by atoms with van der Waals surface area (Å²) < 4.78 is 6.55. The number of carbonyl (C=O) groups excluding carboxylic acids is 1. The number of aromatic nitrogens is 1. The maximum atomic E-state index is 11.3. The van der Waals surface area contributed by atoms with Crippen LogP contribution in [0.4, 0.5) is 0 Å². The highest BCUT2D eigenvalue weighted by atomic mass is 35.5. The van der Waals surface area contributed by atoms with Crippen molar-refractivity contribution in [3.8, 4) is 0 Å². The van der Waals surface area contributed by atoms with Gasteiger partial charge in [-0.3, -0.25) is 0 Å². The molecule has 1 saturated carbocycles. The predicted octanol–water partition coefficient (Wildman–Crippen LogP) is 2.26. The molecule has 70 valence electrons. The lowest BCUT2D eigenvalue weighted by molar-refractivity contribution is 0.0588. The number of methoxy groups -OCH3 is 1. The van der Waals surface area contributed by atoms with Crippen molar-refractivity contribution in [2.24, 2.45) is 0 Å². The van der Waals surface area contributed by atoms with Gasteiger partial charge in [-0.2, -0.15) is 0 Å². The number of ether oxygens (including phenoxy) is 1. The Labute approximate surface area is 81.2 Å². The fourth-order valence-corrected chi connectivity index (χ4v) is 1.58. The average Bonchev–Trinajstić information content (AvgIpc) is 2.89. The lowest BCUT2D eigenvalue weighted by Crippen LogP contribution is -2.08. The predicted molar refractivity (Wildman–Crippen MR) is 49.1 cm³/mol. The summed E-state index contributed by atoms with van der Waals surface area (Å²) in [6.07, 6.45) is 4.02. The van der Waals surface area contributed by atoms with Crippen LogP contribution in [0.1, 0.15) is 29.4 Å². The molecule has 2 rings (SSSR count). The molecule has 0 saturated heterocycles. The highest BCUT2D eigenvalue weighted by Gasteiger charge is 2.27. The number of hydrogen-bond donors (Lipinski definition) is 0. The van der Waals surface area contributed by atoms with Gasteiger partial charge in [0.2, 0.25) is 0 Å². The van der Waals surface area contributed by atoms with Crippen LogP contribution in [0.5, 0.6) is 0 Å². The molecular formula is C9H10ClNO2. The standard InChI is InChI=1S/C9H10ClNO2/c1-13-9(12)8-4-6(10)5-11(8)7-2-3-7/h4-5,7H,2-3H2,1H3. The van der Waals surface area contributed by atoms with Crippen LogP contribution in [-0.2, 0) is 4.74 Å². The molecule has 3 nitrogen and oxygen atoms in total. The van der Waals surface area contributed by atoms with Crippen LogP contribution in [0.3, 0.4) is 0 Å². The molecule has 0 bridgehead atoms. The second-order valence-corrected chi connectivity index (χ2v) is 3.61. The van der Waals surface area contributed by atoms with E-state index in [0.717, 1.165) is 12.8 Å². The number of halogens is 1. The smallest absolute Gasteiger partial charge is 0.354 e. The zero-order valence-corrected chi connectivity index (χ0v) is 8.04.